The summed E-state index contributed by atoms with van der Waals surface area (Å²) in [6, 6.07) is 5.65. The summed E-state index contributed by atoms with van der Waals surface area (Å²) >= 11 is 0. The molecule has 6 nitrogen and oxygen atoms in total. The van der Waals surface area contributed by atoms with Gasteiger partial charge >= 0.3 is 11.9 Å². The van der Waals surface area contributed by atoms with E-state index in [9.17, 15) is 14.0 Å². The van der Waals surface area contributed by atoms with E-state index in [-0.39, 0.29) is 25.2 Å². The molecule has 0 aliphatic heterocycles. The van der Waals surface area contributed by atoms with Crippen molar-refractivity contribution in [1.82, 2.24) is 4.90 Å². The third-order valence-corrected chi connectivity index (χ3v) is 2.74. The lowest BCUT2D eigenvalue weighted by Gasteiger charge is -2.20. The van der Waals surface area contributed by atoms with Crippen LogP contribution in [0.2, 0.25) is 0 Å². The van der Waals surface area contributed by atoms with Crippen molar-refractivity contribution >= 4 is 11.9 Å². The molecule has 0 aliphatic carbocycles. The lowest BCUT2D eigenvalue weighted by molar-refractivity contribution is -0.145. The molecular formula is C14H15FN2O4. The van der Waals surface area contributed by atoms with Crippen LogP contribution in [0.1, 0.15) is 11.1 Å². The Labute approximate surface area is 121 Å². The van der Waals surface area contributed by atoms with Gasteiger partial charge in [0.25, 0.3) is 0 Å². The second-order valence-electron chi connectivity index (χ2n) is 4.21. The Kier molecular flexibility index (Phi) is 6.30. The molecule has 0 radical (unpaired) electrons. The summed E-state index contributed by atoms with van der Waals surface area (Å²) in [5, 5.41) is 9.00. The zero-order valence-corrected chi connectivity index (χ0v) is 11.8. The van der Waals surface area contributed by atoms with Gasteiger partial charge in [0, 0.05) is 6.54 Å². The average Bonchev–Trinajstić information content (AvgIpc) is 2.47. The molecule has 0 spiro atoms. The summed E-state index contributed by atoms with van der Waals surface area (Å²) in [6.07, 6.45) is 0. The summed E-state index contributed by atoms with van der Waals surface area (Å²) in [7, 11) is 2.45. The number of methoxy groups -OCH3 is 2. The maximum atomic E-state index is 13.3. The average molecular weight is 294 g/mol. The third-order valence-electron chi connectivity index (χ3n) is 2.74. The van der Waals surface area contributed by atoms with E-state index < -0.39 is 17.8 Å². The number of hydrogen-bond acceptors (Lipinski definition) is 6. The molecule has 0 N–H and O–H groups in total. The van der Waals surface area contributed by atoms with Crippen molar-refractivity contribution in [2.75, 3.05) is 27.3 Å². The molecule has 1 aromatic rings. The van der Waals surface area contributed by atoms with Crippen LogP contribution < -0.4 is 0 Å². The minimum absolute atomic E-state index is 0.0465. The first kappa shape index (κ1) is 16.6. The fourth-order valence-corrected chi connectivity index (χ4v) is 1.71. The molecule has 0 aliphatic rings. The van der Waals surface area contributed by atoms with Gasteiger partial charge in [0.1, 0.15) is 5.82 Å². The molecule has 0 aromatic heterocycles. The van der Waals surface area contributed by atoms with Gasteiger partial charge in [-0.3, -0.25) is 14.5 Å². The topological polar surface area (TPSA) is 79.6 Å². The fraction of sp³-hybridized carbons (Fsp3) is 0.357. The van der Waals surface area contributed by atoms with Gasteiger partial charge in [0.15, 0.2) is 0 Å². The first-order valence-electron chi connectivity index (χ1n) is 6.04. The maximum absolute atomic E-state index is 13.3. The predicted octanol–water partition coefficient (Wildman–Crippen LogP) is 0.845. The quantitative estimate of drug-likeness (QED) is 0.724. The van der Waals surface area contributed by atoms with Crippen LogP contribution in [0, 0.1) is 17.1 Å². The van der Waals surface area contributed by atoms with Gasteiger partial charge in [-0.15, -0.1) is 0 Å². The highest BCUT2D eigenvalue weighted by Gasteiger charge is 2.17. The molecule has 0 heterocycles. The molecule has 7 heteroatoms. The van der Waals surface area contributed by atoms with Crippen molar-refractivity contribution in [3.8, 4) is 6.07 Å². The van der Waals surface area contributed by atoms with Crippen molar-refractivity contribution in [1.29, 1.82) is 5.26 Å². The van der Waals surface area contributed by atoms with E-state index in [1.807, 2.05) is 6.07 Å². The number of esters is 2. The maximum Gasteiger partial charge on any atom is 0.319 e. The highest BCUT2D eigenvalue weighted by atomic mass is 19.1. The van der Waals surface area contributed by atoms with E-state index in [0.717, 1.165) is 0 Å². The molecule has 0 saturated heterocycles. The van der Waals surface area contributed by atoms with Gasteiger partial charge in [-0.25, -0.2) is 4.39 Å². The SMILES string of the molecule is COC(=O)CN(CC(=O)OC)Cc1cc(F)ccc1C#N. The van der Waals surface area contributed by atoms with E-state index in [2.05, 4.69) is 9.47 Å². The zero-order valence-electron chi connectivity index (χ0n) is 11.8. The van der Waals surface area contributed by atoms with E-state index in [4.69, 9.17) is 5.26 Å². The summed E-state index contributed by atoms with van der Waals surface area (Å²) in [4.78, 5) is 24.1. The predicted molar refractivity (Wildman–Crippen MR) is 70.4 cm³/mol. The summed E-state index contributed by atoms with van der Waals surface area (Å²) in [5.74, 6) is -1.59. The second kappa shape index (κ2) is 7.97. The number of nitriles is 1. The minimum atomic E-state index is -0.547. The third kappa shape index (κ3) is 5.20. The lowest BCUT2D eigenvalue weighted by Crippen LogP contribution is -2.35. The van der Waals surface area contributed by atoms with Crippen LogP contribution in [0.3, 0.4) is 0 Å². The van der Waals surface area contributed by atoms with E-state index in [0.29, 0.717) is 5.56 Å². The smallest absolute Gasteiger partial charge is 0.319 e. The van der Waals surface area contributed by atoms with Gasteiger partial charge in [0.2, 0.25) is 0 Å². The first-order valence-corrected chi connectivity index (χ1v) is 6.04. The van der Waals surface area contributed by atoms with Crippen molar-refractivity contribution in [3.63, 3.8) is 0 Å². The molecule has 0 fully saturated rings. The summed E-state index contributed by atoms with van der Waals surface area (Å²) < 4.78 is 22.4. The number of hydrogen-bond donors (Lipinski definition) is 0. The van der Waals surface area contributed by atoms with E-state index >= 15 is 0 Å². The Bertz CT molecular complexity index is 551. The molecule has 0 bridgehead atoms. The highest BCUT2D eigenvalue weighted by Crippen LogP contribution is 2.13. The molecule has 0 unspecified atom stereocenters. The number of benzene rings is 1. The number of carbonyl (C=O) groups is 2. The second-order valence-corrected chi connectivity index (χ2v) is 4.21. The van der Waals surface area contributed by atoms with Gasteiger partial charge in [-0.1, -0.05) is 0 Å². The van der Waals surface area contributed by atoms with E-state index in [1.54, 1.807) is 0 Å². The van der Waals surface area contributed by atoms with Gasteiger partial charge in [-0.2, -0.15) is 5.26 Å². The molecular weight excluding hydrogens is 279 g/mol. The van der Waals surface area contributed by atoms with Gasteiger partial charge in [-0.05, 0) is 23.8 Å². The normalized spacial score (nSPS) is 10.0. The Hall–Kier alpha value is -2.46. The molecule has 21 heavy (non-hydrogen) atoms. The Morgan fingerprint density at radius 1 is 1.24 bits per heavy atom. The van der Waals surface area contributed by atoms with Crippen molar-refractivity contribution in [2.24, 2.45) is 0 Å². The van der Waals surface area contributed by atoms with Crippen LogP contribution in [0.4, 0.5) is 4.39 Å². The molecule has 0 amide bonds. The van der Waals surface area contributed by atoms with Crippen molar-refractivity contribution in [3.05, 3.63) is 35.1 Å². The van der Waals surface area contributed by atoms with Crippen LogP contribution in [0.15, 0.2) is 18.2 Å². The van der Waals surface area contributed by atoms with Crippen LogP contribution in [0.5, 0.6) is 0 Å². The minimum Gasteiger partial charge on any atom is -0.468 e. The molecule has 1 rings (SSSR count). The largest absolute Gasteiger partial charge is 0.468 e. The van der Waals surface area contributed by atoms with Gasteiger partial charge < -0.3 is 9.47 Å². The van der Waals surface area contributed by atoms with Crippen molar-refractivity contribution < 1.29 is 23.5 Å². The molecule has 112 valence electrons. The Morgan fingerprint density at radius 3 is 2.29 bits per heavy atom. The Balaban J connectivity index is 2.94. The summed E-state index contributed by atoms with van der Waals surface area (Å²) in [6.45, 7) is -0.301. The van der Waals surface area contributed by atoms with Crippen molar-refractivity contribution in [2.45, 2.75) is 6.54 Å². The number of carbonyl (C=O) groups excluding carboxylic acids is 2. The monoisotopic (exact) mass is 294 g/mol. The van der Waals surface area contributed by atoms with E-state index in [1.165, 1.54) is 37.3 Å². The fourth-order valence-electron chi connectivity index (χ4n) is 1.71. The van der Waals surface area contributed by atoms with Crippen LogP contribution in [0.25, 0.3) is 0 Å². The number of rotatable bonds is 6. The zero-order chi connectivity index (χ0) is 15.8. The van der Waals surface area contributed by atoms with Gasteiger partial charge in [0.05, 0.1) is 38.9 Å². The number of ether oxygens (including phenoxy) is 2. The van der Waals surface area contributed by atoms with Crippen LogP contribution in [-0.4, -0.2) is 44.1 Å². The van der Waals surface area contributed by atoms with Crippen LogP contribution in [-0.2, 0) is 25.6 Å². The van der Waals surface area contributed by atoms with Crippen LogP contribution >= 0.6 is 0 Å². The first-order chi connectivity index (χ1) is 9.99. The highest BCUT2D eigenvalue weighted by molar-refractivity contribution is 5.74. The molecule has 1 aromatic carbocycles. The Morgan fingerprint density at radius 2 is 1.81 bits per heavy atom. The lowest BCUT2D eigenvalue weighted by atomic mass is 10.1. The standard InChI is InChI=1S/C14H15FN2O4/c1-20-13(18)8-17(9-14(19)21-2)7-11-5-12(15)4-3-10(11)6-16/h3-5H,7-9H2,1-2H3. The number of halogens is 1. The number of nitrogens with zero attached hydrogens (tertiary/aromatic N) is 2. The molecule has 0 saturated carbocycles. The molecule has 0 atom stereocenters. The summed E-state index contributed by atoms with van der Waals surface area (Å²) in [5.41, 5.74) is 0.654.